The Balaban J connectivity index is 1.65. The van der Waals surface area contributed by atoms with Gasteiger partial charge in [0.15, 0.2) is 5.96 Å². The van der Waals surface area contributed by atoms with Crippen molar-refractivity contribution in [2.45, 2.75) is 26.3 Å². The van der Waals surface area contributed by atoms with Gasteiger partial charge in [-0.05, 0) is 29.7 Å². The van der Waals surface area contributed by atoms with Gasteiger partial charge >= 0.3 is 0 Å². The number of piperidine rings is 1. The van der Waals surface area contributed by atoms with E-state index in [1.54, 1.807) is 0 Å². The summed E-state index contributed by atoms with van der Waals surface area (Å²) in [7, 11) is 1.90. The second kappa shape index (κ2) is 9.01. The molecule has 3 heterocycles. The summed E-state index contributed by atoms with van der Waals surface area (Å²) in [6, 6.07) is 4.79. The maximum Gasteiger partial charge on any atom is 0.193 e. The van der Waals surface area contributed by atoms with Crippen LogP contribution < -0.4 is 5.32 Å². The highest BCUT2D eigenvalue weighted by Crippen LogP contribution is 2.26. The van der Waals surface area contributed by atoms with Gasteiger partial charge in [-0.1, -0.05) is 19.9 Å². The van der Waals surface area contributed by atoms with E-state index in [2.05, 4.69) is 51.5 Å². The highest BCUT2D eigenvalue weighted by Gasteiger charge is 2.27. The third-order valence-electron chi connectivity index (χ3n) is 5.19. The minimum absolute atomic E-state index is 0.389. The van der Waals surface area contributed by atoms with E-state index in [9.17, 15) is 0 Å². The van der Waals surface area contributed by atoms with Crippen LogP contribution in [0.4, 0.5) is 0 Å². The number of morpholine rings is 1. The van der Waals surface area contributed by atoms with Crippen LogP contribution in [0.15, 0.2) is 22.5 Å². The largest absolute Gasteiger partial charge is 0.379 e. The van der Waals surface area contributed by atoms with Crippen LogP contribution in [0.1, 0.15) is 31.2 Å². The summed E-state index contributed by atoms with van der Waals surface area (Å²) in [6.07, 6.45) is 1.32. The van der Waals surface area contributed by atoms with Gasteiger partial charge in [-0.3, -0.25) is 9.89 Å². The third kappa shape index (κ3) is 4.96. The topological polar surface area (TPSA) is 40.1 Å². The first-order valence-corrected chi connectivity index (χ1v) is 10.4. The van der Waals surface area contributed by atoms with Crippen LogP contribution in [-0.2, 0) is 4.74 Å². The van der Waals surface area contributed by atoms with Crippen molar-refractivity contribution in [1.29, 1.82) is 0 Å². The van der Waals surface area contributed by atoms with Crippen molar-refractivity contribution in [1.82, 2.24) is 15.1 Å². The molecule has 0 aliphatic carbocycles. The summed E-state index contributed by atoms with van der Waals surface area (Å²) < 4.78 is 5.54. The monoisotopic (exact) mass is 364 g/mol. The number of hydrogen-bond acceptors (Lipinski definition) is 4. The first-order valence-electron chi connectivity index (χ1n) is 9.48. The molecule has 140 valence electrons. The summed E-state index contributed by atoms with van der Waals surface area (Å²) >= 11 is 1.84. The molecule has 2 fully saturated rings. The zero-order chi connectivity index (χ0) is 17.6. The average Bonchev–Trinajstić information content (AvgIpc) is 3.13. The number of guanidine groups is 1. The Labute approximate surface area is 156 Å². The van der Waals surface area contributed by atoms with Crippen molar-refractivity contribution in [3.05, 3.63) is 22.4 Å². The lowest BCUT2D eigenvalue weighted by atomic mass is 9.92. The Morgan fingerprint density at radius 1 is 1.32 bits per heavy atom. The minimum atomic E-state index is 0.389. The quantitative estimate of drug-likeness (QED) is 0.659. The van der Waals surface area contributed by atoms with Crippen LogP contribution in [0.25, 0.3) is 0 Å². The normalized spacial score (nSPS) is 27.3. The molecule has 3 rings (SSSR count). The highest BCUT2D eigenvalue weighted by molar-refractivity contribution is 7.10. The summed E-state index contributed by atoms with van der Waals surface area (Å²) in [4.78, 5) is 11.0. The van der Waals surface area contributed by atoms with Gasteiger partial charge in [0.25, 0.3) is 0 Å². The molecule has 6 heteroatoms. The predicted octanol–water partition coefficient (Wildman–Crippen LogP) is 2.67. The molecule has 3 atom stereocenters. The van der Waals surface area contributed by atoms with Crippen molar-refractivity contribution in [2.24, 2.45) is 16.8 Å². The molecular weight excluding hydrogens is 332 g/mol. The van der Waals surface area contributed by atoms with Gasteiger partial charge in [-0.25, -0.2) is 0 Å². The first-order chi connectivity index (χ1) is 12.2. The lowest BCUT2D eigenvalue weighted by Gasteiger charge is -2.38. The number of rotatable bonds is 4. The molecule has 3 unspecified atom stereocenters. The lowest BCUT2D eigenvalue weighted by Crippen LogP contribution is -2.51. The number of hydrogen-bond donors (Lipinski definition) is 1. The molecule has 2 aliphatic rings. The SMILES string of the molecule is CN=C(NCC(c1cccs1)N1CCOCC1)N1CC(C)CC(C)C1. The fourth-order valence-electron chi connectivity index (χ4n) is 4.14. The number of likely N-dealkylation sites (tertiary alicyclic amines) is 1. The van der Waals surface area contributed by atoms with E-state index in [1.165, 1.54) is 11.3 Å². The van der Waals surface area contributed by atoms with E-state index in [4.69, 9.17) is 4.74 Å². The van der Waals surface area contributed by atoms with E-state index in [1.807, 2.05) is 18.4 Å². The molecule has 1 N–H and O–H groups in total. The number of nitrogens with one attached hydrogen (secondary N) is 1. The van der Waals surface area contributed by atoms with Crippen LogP contribution >= 0.6 is 11.3 Å². The molecule has 25 heavy (non-hydrogen) atoms. The Kier molecular flexibility index (Phi) is 6.73. The standard InChI is InChI=1S/C19H32N4OS/c1-15-11-16(2)14-23(13-15)19(20-3)21-12-17(18-5-4-10-25-18)22-6-8-24-9-7-22/h4-5,10,15-17H,6-9,11-14H2,1-3H3,(H,20,21). The first kappa shape index (κ1) is 18.7. The van der Waals surface area contributed by atoms with Gasteiger partial charge in [-0.15, -0.1) is 11.3 Å². The molecule has 0 spiro atoms. The van der Waals surface area contributed by atoms with Gasteiger partial charge in [0, 0.05) is 44.6 Å². The molecule has 1 aromatic heterocycles. The average molecular weight is 365 g/mol. The molecule has 5 nitrogen and oxygen atoms in total. The Bertz CT molecular complexity index is 532. The molecule has 0 bridgehead atoms. The number of nitrogens with zero attached hydrogens (tertiary/aromatic N) is 3. The van der Waals surface area contributed by atoms with Crippen molar-refractivity contribution in [3.8, 4) is 0 Å². The zero-order valence-corrected chi connectivity index (χ0v) is 16.6. The second-order valence-electron chi connectivity index (χ2n) is 7.46. The van der Waals surface area contributed by atoms with Crippen LogP contribution in [0, 0.1) is 11.8 Å². The van der Waals surface area contributed by atoms with E-state index in [0.717, 1.165) is 63.7 Å². The number of aliphatic imine (C=N–C) groups is 1. The van der Waals surface area contributed by atoms with Gasteiger partial charge < -0.3 is 15.0 Å². The smallest absolute Gasteiger partial charge is 0.193 e. The lowest BCUT2D eigenvalue weighted by molar-refractivity contribution is 0.0175. The summed E-state index contributed by atoms with van der Waals surface area (Å²) in [6.45, 7) is 11.5. The van der Waals surface area contributed by atoms with Crippen LogP contribution in [-0.4, -0.2) is 68.7 Å². The molecule has 2 aliphatic heterocycles. The Morgan fingerprint density at radius 2 is 2.04 bits per heavy atom. The van der Waals surface area contributed by atoms with Crippen molar-refractivity contribution in [3.63, 3.8) is 0 Å². The van der Waals surface area contributed by atoms with Gasteiger partial charge in [-0.2, -0.15) is 0 Å². The van der Waals surface area contributed by atoms with E-state index in [0.29, 0.717) is 6.04 Å². The van der Waals surface area contributed by atoms with E-state index < -0.39 is 0 Å². The molecule has 0 radical (unpaired) electrons. The maximum atomic E-state index is 5.54. The fourth-order valence-corrected chi connectivity index (χ4v) is 5.00. The fraction of sp³-hybridized carbons (Fsp3) is 0.737. The van der Waals surface area contributed by atoms with Gasteiger partial charge in [0.2, 0.25) is 0 Å². The summed E-state index contributed by atoms with van der Waals surface area (Å²) in [5.41, 5.74) is 0. The van der Waals surface area contributed by atoms with Crippen LogP contribution in [0.2, 0.25) is 0 Å². The molecule has 1 aromatic rings. The number of ether oxygens (including phenoxy) is 1. The molecule has 0 aromatic carbocycles. The molecule has 0 amide bonds. The highest BCUT2D eigenvalue weighted by atomic mass is 32.1. The Hall–Kier alpha value is -1.11. The summed E-state index contributed by atoms with van der Waals surface area (Å²) in [5, 5.41) is 5.84. The van der Waals surface area contributed by atoms with Crippen LogP contribution in [0.5, 0.6) is 0 Å². The summed E-state index contributed by atoms with van der Waals surface area (Å²) in [5.74, 6) is 2.51. The molecule has 0 saturated carbocycles. The van der Waals surface area contributed by atoms with Gasteiger partial charge in [0.1, 0.15) is 0 Å². The van der Waals surface area contributed by atoms with E-state index >= 15 is 0 Å². The molecular formula is C19H32N4OS. The van der Waals surface area contributed by atoms with E-state index in [-0.39, 0.29) is 0 Å². The third-order valence-corrected chi connectivity index (χ3v) is 6.17. The molecule has 2 saturated heterocycles. The maximum absolute atomic E-state index is 5.54. The van der Waals surface area contributed by atoms with Crippen molar-refractivity contribution < 1.29 is 4.74 Å². The van der Waals surface area contributed by atoms with Crippen LogP contribution in [0.3, 0.4) is 0 Å². The zero-order valence-electron chi connectivity index (χ0n) is 15.8. The minimum Gasteiger partial charge on any atom is -0.379 e. The Morgan fingerprint density at radius 3 is 2.64 bits per heavy atom. The van der Waals surface area contributed by atoms with Gasteiger partial charge in [0.05, 0.1) is 19.3 Å². The van der Waals surface area contributed by atoms with Crippen molar-refractivity contribution in [2.75, 3.05) is 53.0 Å². The predicted molar refractivity (Wildman–Crippen MR) is 105 cm³/mol. The van der Waals surface area contributed by atoms with Crippen molar-refractivity contribution >= 4 is 17.3 Å². The second-order valence-corrected chi connectivity index (χ2v) is 8.44. The number of thiophene rings is 1.